The summed E-state index contributed by atoms with van der Waals surface area (Å²) in [6.07, 6.45) is -0.330. The first-order chi connectivity index (χ1) is 5.37. The van der Waals surface area contributed by atoms with Crippen molar-refractivity contribution >= 4 is 0 Å². The van der Waals surface area contributed by atoms with Gasteiger partial charge in [0.05, 0.1) is 12.2 Å². The van der Waals surface area contributed by atoms with Gasteiger partial charge in [-0.25, -0.2) is 0 Å². The topological polar surface area (TPSA) is 40.5 Å². The van der Waals surface area contributed by atoms with Crippen LogP contribution in [-0.4, -0.2) is 22.4 Å². The molecule has 2 nitrogen and oxygen atoms in total. The smallest absolute Gasteiger partial charge is 0.0852 e. The minimum Gasteiger partial charge on any atom is -0.390 e. The molecular weight excluding hydrogens is 152 g/mol. The molecule has 3 atom stereocenters. The number of aliphatic hydroxyl groups is 2. The van der Waals surface area contributed by atoms with Crippen LogP contribution < -0.4 is 0 Å². The minimum atomic E-state index is -0.551. The fraction of sp³-hybridized carbons (Fsp3) is 1.00. The molecule has 2 N–H and O–H groups in total. The Balaban J connectivity index is 2.80. The van der Waals surface area contributed by atoms with E-state index in [1.54, 1.807) is 0 Å². The van der Waals surface area contributed by atoms with E-state index in [0.717, 1.165) is 6.42 Å². The molecule has 0 heterocycles. The first-order valence-electron chi connectivity index (χ1n) is 4.73. The summed E-state index contributed by atoms with van der Waals surface area (Å²) in [7, 11) is 0. The molecular formula is C10H20O2. The highest BCUT2D eigenvalue weighted by atomic mass is 16.3. The van der Waals surface area contributed by atoms with Crippen molar-refractivity contribution in [2.24, 2.45) is 17.3 Å². The van der Waals surface area contributed by atoms with Crippen molar-refractivity contribution in [2.75, 3.05) is 0 Å². The second-order valence-corrected chi connectivity index (χ2v) is 4.92. The Kier molecular flexibility index (Phi) is 2.50. The van der Waals surface area contributed by atoms with Gasteiger partial charge in [0.25, 0.3) is 0 Å². The summed E-state index contributed by atoms with van der Waals surface area (Å²) in [5.74, 6) is 0.967. The van der Waals surface area contributed by atoms with Gasteiger partial charge in [0.2, 0.25) is 0 Å². The zero-order chi connectivity index (χ0) is 9.52. The predicted octanol–water partition coefficient (Wildman–Crippen LogP) is 1.41. The summed E-state index contributed by atoms with van der Waals surface area (Å²) in [6.45, 7) is 8.38. The van der Waals surface area contributed by atoms with Crippen LogP contribution in [0.5, 0.6) is 0 Å². The third kappa shape index (κ3) is 1.38. The maximum Gasteiger partial charge on any atom is 0.0852 e. The van der Waals surface area contributed by atoms with Gasteiger partial charge in [0.15, 0.2) is 0 Å². The highest BCUT2D eigenvalue weighted by molar-refractivity contribution is 4.98. The molecule has 12 heavy (non-hydrogen) atoms. The summed E-state index contributed by atoms with van der Waals surface area (Å²) < 4.78 is 0. The molecule has 1 unspecified atom stereocenters. The van der Waals surface area contributed by atoms with Crippen molar-refractivity contribution in [2.45, 2.75) is 46.3 Å². The Morgan fingerprint density at radius 3 is 1.92 bits per heavy atom. The first kappa shape index (κ1) is 10.0. The lowest BCUT2D eigenvalue weighted by molar-refractivity contribution is -0.0167. The standard InChI is InChI=1S/C10H20O2/c1-6(2)7-5-8(11)9(12)10(7,3)4/h6-9,11-12H,5H2,1-4H3/t7?,8-,9-/m1/s1. The summed E-state index contributed by atoms with van der Waals surface area (Å²) in [6, 6.07) is 0. The Morgan fingerprint density at radius 1 is 1.25 bits per heavy atom. The van der Waals surface area contributed by atoms with Crippen molar-refractivity contribution in [1.29, 1.82) is 0 Å². The largest absolute Gasteiger partial charge is 0.390 e. The quantitative estimate of drug-likeness (QED) is 0.628. The lowest BCUT2D eigenvalue weighted by Crippen LogP contribution is -2.34. The molecule has 1 rings (SSSR count). The lowest BCUT2D eigenvalue weighted by atomic mass is 9.75. The SMILES string of the molecule is CC(C)C1C[C@@H](O)[C@@H](O)C1(C)C. The monoisotopic (exact) mass is 172 g/mol. The molecule has 0 saturated heterocycles. The Bertz CT molecular complexity index is 163. The maximum atomic E-state index is 9.69. The Hall–Kier alpha value is -0.0800. The van der Waals surface area contributed by atoms with E-state index in [4.69, 9.17) is 0 Å². The predicted molar refractivity (Wildman–Crippen MR) is 48.7 cm³/mol. The summed E-state index contributed by atoms with van der Waals surface area (Å²) >= 11 is 0. The van der Waals surface area contributed by atoms with E-state index in [0.29, 0.717) is 11.8 Å². The normalized spacial score (nSPS) is 40.8. The van der Waals surface area contributed by atoms with Crippen molar-refractivity contribution < 1.29 is 10.2 Å². The average Bonchev–Trinajstić information content (AvgIpc) is 2.13. The highest BCUT2D eigenvalue weighted by Gasteiger charge is 2.48. The van der Waals surface area contributed by atoms with Gasteiger partial charge < -0.3 is 10.2 Å². The van der Waals surface area contributed by atoms with Gasteiger partial charge in [0.1, 0.15) is 0 Å². The molecule has 0 radical (unpaired) electrons. The van der Waals surface area contributed by atoms with Crippen LogP contribution in [0.4, 0.5) is 0 Å². The fourth-order valence-electron chi connectivity index (χ4n) is 2.54. The van der Waals surface area contributed by atoms with E-state index in [1.807, 2.05) is 13.8 Å². The van der Waals surface area contributed by atoms with Crippen LogP contribution in [0, 0.1) is 17.3 Å². The Labute approximate surface area is 74.6 Å². The van der Waals surface area contributed by atoms with Gasteiger partial charge in [-0.15, -0.1) is 0 Å². The van der Waals surface area contributed by atoms with Crippen LogP contribution in [0.25, 0.3) is 0 Å². The highest BCUT2D eigenvalue weighted by Crippen LogP contribution is 2.46. The molecule has 0 spiro atoms. The summed E-state index contributed by atoms with van der Waals surface area (Å²) in [5.41, 5.74) is -0.131. The molecule has 1 aliphatic carbocycles. The van der Waals surface area contributed by atoms with Crippen molar-refractivity contribution in [1.82, 2.24) is 0 Å². The maximum absolute atomic E-state index is 9.69. The molecule has 2 heteroatoms. The van der Waals surface area contributed by atoms with Crippen molar-refractivity contribution in [3.63, 3.8) is 0 Å². The Morgan fingerprint density at radius 2 is 1.75 bits per heavy atom. The van der Waals surface area contributed by atoms with Gasteiger partial charge in [-0.2, -0.15) is 0 Å². The molecule has 1 aliphatic rings. The van der Waals surface area contributed by atoms with Gasteiger partial charge in [-0.05, 0) is 23.7 Å². The summed E-state index contributed by atoms with van der Waals surface area (Å²) in [5, 5.41) is 19.2. The van der Waals surface area contributed by atoms with E-state index < -0.39 is 12.2 Å². The second-order valence-electron chi connectivity index (χ2n) is 4.92. The molecule has 0 aromatic rings. The second kappa shape index (κ2) is 3.00. The molecule has 72 valence electrons. The van der Waals surface area contributed by atoms with Gasteiger partial charge in [-0.1, -0.05) is 27.7 Å². The third-order valence-corrected chi connectivity index (χ3v) is 3.38. The molecule has 0 aliphatic heterocycles. The number of aliphatic hydroxyl groups excluding tert-OH is 2. The van der Waals surface area contributed by atoms with Crippen LogP contribution in [0.15, 0.2) is 0 Å². The zero-order valence-electron chi connectivity index (χ0n) is 8.41. The van der Waals surface area contributed by atoms with Crippen LogP contribution in [-0.2, 0) is 0 Å². The number of hydrogen-bond donors (Lipinski definition) is 2. The molecule has 0 amide bonds. The number of hydrogen-bond acceptors (Lipinski definition) is 2. The van der Waals surface area contributed by atoms with Crippen LogP contribution >= 0.6 is 0 Å². The first-order valence-corrected chi connectivity index (χ1v) is 4.73. The van der Waals surface area contributed by atoms with Gasteiger partial charge in [-0.3, -0.25) is 0 Å². The van der Waals surface area contributed by atoms with Crippen LogP contribution in [0.2, 0.25) is 0 Å². The fourth-order valence-corrected chi connectivity index (χ4v) is 2.54. The average molecular weight is 172 g/mol. The van der Waals surface area contributed by atoms with Gasteiger partial charge in [0, 0.05) is 0 Å². The van der Waals surface area contributed by atoms with Crippen molar-refractivity contribution in [3.8, 4) is 0 Å². The number of rotatable bonds is 1. The summed E-state index contributed by atoms with van der Waals surface area (Å²) in [4.78, 5) is 0. The van der Waals surface area contributed by atoms with Gasteiger partial charge >= 0.3 is 0 Å². The van der Waals surface area contributed by atoms with Crippen LogP contribution in [0.1, 0.15) is 34.1 Å². The van der Waals surface area contributed by atoms with Crippen molar-refractivity contribution in [3.05, 3.63) is 0 Å². The molecule has 0 bridgehead atoms. The molecule has 0 aromatic heterocycles. The lowest BCUT2D eigenvalue weighted by Gasteiger charge is -2.32. The van der Waals surface area contributed by atoms with E-state index in [1.165, 1.54) is 0 Å². The van der Waals surface area contributed by atoms with E-state index in [9.17, 15) is 10.2 Å². The van der Waals surface area contributed by atoms with E-state index >= 15 is 0 Å². The zero-order valence-corrected chi connectivity index (χ0v) is 8.41. The van der Waals surface area contributed by atoms with E-state index in [-0.39, 0.29) is 5.41 Å². The molecule has 1 fully saturated rings. The van der Waals surface area contributed by atoms with Crippen LogP contribution in [0.3, 0.4) is 0 Å². The minimum absolute atomic E-state index is 0.131. The van der Waals surface area contributed by atoms with E-state index in [2.05, 4.69) is 13.8 Å². The molecule has 1 saturated carbocycles. The third-order valence-electron chi connectivity index (χ3n) is 3.38. The molecule has 0 aromatic carbocycles.